The number of rotatable bonds is 4. The van der Waals surface area contributed by atoms with Crippen LogP contribution in [0.1, 0.15) is 54.0 Å². The number of halogens is 1. The van der Waals surface area contributed by atoms with E-state index in [1.54, 1.807) is 23.6 Å². The molecule has 3 atom stereocenters. The van der Waals surface area contributed by atoms with Crippen molar-refractivity contribution in [2.45, 2.75) is 63.1 Å². The first-order valence-corrected chi connectivity index (χ1v) is 15.3. The first kappa shape index (κ1) is 24.1. The molecule has 1 spiro atoms. The van der Waals surface area contributed by atoms with E-state index >= 15 is 0 Å². The molecular formula is C31H32ClN5OS. The first-order chi connectivity index (χ1) is 18.9. The maximum absolute atomic E-state index is 12.5. The van der Waals surface area contributed by atoms with Crippen LogP contribution < -0.4 is 10.5 Å². The van der Waals surface area contributed by atoms with Gasteiger partial charge >= 0.3 is 0 Å². The van der Waals surface area contributed by atoms with Gasteiger partial charge in [0.2, 0.25) is 0 Å². The monoisotopic (exact) mass is 557 g/mol. The van der Waals surface area contributed by atoms with Crippen LogP contribution in [0.15, 0.2) is 47.5 Å². The lowest BCUT2D eigenvalue weighted by atomic mass is 9.74. The number of nitrogens with zero attached hydrogens (tertiary/aromatic N) is 5. The van der Waals surface area contributed by atoms with E-state index in [1.165, 1.54) is 59.2 Å². The van der Waals surface area contributed by atoms with E-state index in [-0.39, 0.29) is 5.56 Å². The van der Waals surface area contributed by atoms with Gasteiger partial charge in [-0.15, -0.1) is 11.3 Å². The van der Waals surface area contributed by atoms with E-state index in [4.69, 9.17) is 16.6 Å². The molecule has 0 N–H and O–H groups in total. The summed E-state index contributed by atoms with van der Waals surface area (Å²) in [5, 5.41) is 5.16. The number of aryl methyl sites for hydroxylation is 1. The smallest absolute Gasteiger partial charge is 0.267 e. The second-order valence-corrected chi connectivity index (χ2v) is 13.8. The lowest BCUT2D eigenvalue weighted by Crippen LogP contribution is -2.47. The van der Waals surface area contributed by atoms with Crippen molar-refractivity contribution in [3.8, 4) is 11.1 Å². The molecule has 0 bridgehead atoms. The van der Waals surface area contributed by atoms with Crippen LogP contribution in [0.2, 0.25) is 5.02 Å². The molecule has 6 nitrogen and oxygen atoms in total. The summed E-state index contributed by atoms with van der Waals surface area (Å²) in [5.74, 6) is 1.37. The average molecular weight is 558 g/mol. The molecule has 2 saturated carbocycles. The summed E-state index contributed by atoms with van der Waals surface area (Å²) < 4.78 is 2.68. The van der Waals surface area contributed by atoms with Crippen LogP contribution in [-0.4, -0.2) is 51.4 Å². The zero-order valence-corrected chi connectivity index (χ0v) is 23.9. The predicted molar refractivity (Wildman–Crippen MR) is 158 cm³/mol. The highest BCUT2D eigenvalue weighted by atomic mass is 35.5. The van der Waals surface area contributed by atoms with E-state index in [2.05, 4.69) is 46.2 Å². The third-order valence-corrected chi connectivity index (χ3v) is 11.2. The number of pyridine rings is 1. The van der Waals surface area contributed by atoms with Crippen molar-refractivity contribution >= 4 is 38.8 Å². The summed E-state index contributed by atoms with van der Waals surface area (Å²) in [6.45, 7) is 4.61. The Labute approximate surface area is 237 Å². The minimum Gasteiger partial charge on any atom is -0.366 e. The molecule has 8 rings (SSSR count). The van der Waals surface area contributed by atoms with Gasteiger partial charge in [-0.1, -0.05) is 11.6 Å². The van der Waals surface area contributed by atoms with E-state index in [1.807, 2.05) is 13.1 Å². The topological polar surface area (TPSA) is 54.3 Å². The Kier molecular flexibility index (Phi) is 5.33. The molecule has 3 aromatic heterocycles. The fourth-order valence-electron chi connectivity index (χ4n) is 7.55. The van der Waals surface area contributed by atoms with Gasteiger partial charge in [0.05, 0.1) is 23.0 Å². The number of anilines is 1. The minimum atomic E-state index is -0.0788. The Morgan fingerprint density at radius 2 is 2.03 bits per heavy atom. The van der Waals surface area contributed by atoms with Crippen molar-refractivity contribution in [3.05, 3.63) is 74.1 Å². The Balaban J connectivity index is 1.24. The van der Waals surface area contributed by atoms with Crippen LogP contribution in [0, 0.1) is 12.8 Å². The molecule has 200 valence electrons. The van der Waals surface area contributed by atoms with Crippen molar-refractivity contribution in [3.63, 3.8) is 0 Å². The number of likely N-dealkylation sites (tertiary alicyclic amines) is 1. The Morgan fingerprint density at radius 1 is 1.15 bits per heavy atom. The van der Waals surface area contributed by atoms with Crippen LogP contribution in [0.5, 0.6) is 0 Å². The number of likely N-dealkylation sites (N-methyl/N-ethyl adjacent to an activating group) is 1. The van der Waals surface area contributed by atoms with E-state index in [0.717, 1.165) is 44.7 Å². The SMILES string of the molecule is Cc1cnn(Cc2cc3nccc(-c4cc(Cl)cc5c4N([C@@H]4CN(C)C6(CCC6)C4)C[C@H]4C[C@@H]54)c3s2)c(=O)c1. The summed E-state index contributed by atoms with van der Waals surface area (Å²) >= 11 is 8.54. The van der Waals surface area contributed by atoms with Gasteiger partial charge in [-0.25, -0.2) is 4.68 Å². The number of hydrogen-bond acceptors (Lipinski definition) is 6. The molecule has 1 aromatic carbocycles. The molecule has 39 heavy (non-hydrogen) atoms. The second kappa shape index (κ2) is 8.63. The van der Waals surface area contributed by atoms with Crippen molar-refractivity contribution in [1.29, 1.82) is 0 Å². The summed E-state index contributed by atoms with van der Waals surface area (Å²) in [5.41, 5.74) is 7.41. The van der Waals surface area contributed by atoms with E-state index in [9.17, 15) is 4.79 Å². The van der Waals surface area contributed by atoms with Gasteiger partial charge in [-0.3, -0.25) is 14.7 Å². The lowest BCUT2D eigenvalue weighted by molar-refractivity contribution is 0.0801. The molecule has 4 aromatic rings. The van der Waals surface area contributed by atoms with E-state index in [0.29, 0.717) is 24.0 Å². The van der Waals surface area contributed by atoms with Crippen LogP contribution in [0.4, 0.5) is 5.69 Å². The highest BCUT2D eigenvalue weighted by Crippen LogP contribution is 2.59. The molecule has 0 amide bonds. The molecule has 1 saturated heterocycles. The van der Waals surface area contributed by atoms with Gasteiger partial charge in [0.1, 0.15) is 0 Å². The third-order valence-electron chi connectivity index (χ3n) is 9.84. The number of benzene rings is 1. The number of fused-ring (bicyclic) bond motifs is 4. The van der Waals surface area contributed by atoms with Gasteiger partial charge in [-0.2, -0.15) is 5.10 Å². The summed E-state index contributed by atoms with van der Waals surface area (Å²) in [4.78, 5) is 23.7. The maximum Gasteiger partial charge on any atom is 0.267 e. The van der Waals surface area contributed by atoms with Gasteiger partial charge in [0.25, 0.3) is 5.56 Å². The van der Waals surface area contributed by atoms with Gasteiger partial charge in [0, 0.05) is 63.6 Å². The summed E-state index contributed by atoms with van der Waals surface area (Å²) in [6.07, 6.45) is 10.2. The lowest BCUT2D eigenvalue weighted by Gasteiger charge is -2.44. The third kappa shape index (κ3) is 3.80. The molecule has 2 aliphatic carbocycles. The van der Waals surface area contributed by atoms with Crippen LogP contribution in [-0.2, 0) is 6.54 Å². The molecule has 8 heteroatoms. The van der Waals surface area contributed by atoms with Crippen molar-refractivity contribution < 1.29 is 0 Å². The van der Waals surface area contributed by atoms with Crippen molar-refractivity contribution in [2.24, 2.45) is 5.92 Å². The summed E-state index contributed by atoms with van der Waals surface area (Å²) in [7, 11) is 2.33. The number of thiophene rings is 1. The molecule has 0 unspecified atom stereocenters. The first-order valence-electron chi connectivity index (χ1n) is 14.1. The highest BCUT2D eigenvalue weighted by Gasteiger charge is 2.53. The highest BCUT2D eigenvalue weighted by molar-refractivity contribution is 7.19. The van der Waals surface area contributed by atoms with E-state index < -0.39 is 0 Å². The quantitative estimate of drug-likeness (QED) is 0.304. The van der Waals surface area contributed by atoms with Gasteiger partial charge in [-0.05, 0) is 93.3 Å². The normalized spacial score (nSPS) is 25.1. The molecule has 3 fully saturated rings. The van der Waals surface area contributed by atoms with Gasteiger partial charge in [0.15, 0.2) is 0 Å². The molecule has 2 aliphatic heterocycles. The molecule has 4 aliphatic rings. The summed E-state index contributed by atoms with van der Waals surface area (Å²) in [6, 6.07) is 10.8. The van der Waals surface area contributed by atoms with Crippen molar-refractivity contribution in [1.82, 2.24) is 19.7 Å². The second-order valence-electron chi connectivity index (χ2n) is 12.3. The number of hydrogen-bond donors (Lipinski definition) is 0. The molecular weight excluding hydrogens is 526 g/mol. The van der Waals surface area contributed by atoms with Crippen LogP contribution in [0.25, 0.3) is 21.3 Å². The Hall–Kier alpha value is -2.74. The zero-order valence-electron chi connectivity index (χ0n) is 22.4. The average Bonchev–Trinajstić information content (AvgIpc) is 3.41. The Bertz CT molecular complexity index is 1690. The standard InChI is InChI=1S/C31H32ClN5OS/c1-18-8-28(38)37(34-14-18)17-22-12-27-30(39-22)23(4-7-33-27)25-10-20(32)11-26-24-9-19(24)15-36(29(25)26)21-13-31(5-3-6-31)35(2)16-21/h4,7-8,10-12,14,19,21,24H,3,5-6,9,13,15-17H2,1-2H3/t19-,21+,24-/m1/s1. The molecule has 5 heterocycles. The fraction of sp³-hybridized carbons (Fsp3) is 0.452. The van der Waals surface area contributed by atoms with Gasteiger partial charge < -0.3 is 4.90 Å². The molecule has 0 radical (unpaired) electrons. The zero-order chi connectivity index (χ0) is 26.5. The van der Waals surface area contributed by atoms with Crippen LogP contribution >= 0.6 is 22.9 Å². The minimum absolute atomic E-state index is 0.0788. The maximum atomic E-state index is 12.5. The Morgan fingerprint density at radius 3 is 2.79 bits per heavy atom. The fourth-order valence-corrected chi connectivity index (χ4v) is 8.90. The predicted octanol–water partition coefficient (Wildman–Crippen LogP) is 6.08. The largest absolute Gasteiger partial charge is 0.366 e. The number of aromatic nitrogens is 3. The van der Waals surface area contributed by atoms with Crippen LogP contribution in [0.3, 0.4) is 0 Å². The van der Waals surface area contributed by atoms with Crippen molar-refractivity contribution in [2.75, 3.05) is 25.0 Å².